The van der Waals surface area contributed by atoms with Crippen LogP contribution in [0.1, 0.15) is 12.5 Å². The van der Waals surface area contributed by atoms with Gasteiger partial charge in [-0.1, -0.05) is 28.1 Å². The van der Waals surface area contributed by atoms with Gasteiger partial charge in [0.1, 0.15) is 11.5 Å². The third kappa shape index (κ3) is 3.86. The molecule has 0 bridgehead atoms. The summed E-state index contributed by atoms with van der Waals surface area (Å²) in [5, 5.41) is 0. The van der Waals surface area contributed by atoms with Crippen LogP contribution >= 0.6 is 15.9 Å². The second-order valence-corrected chi connectivity index (χ2v) is 4.75. The van der Waals surface area contributed by atoms with Crippen molar-refractivity contribution >= 4 is 15.9 Å². The summed E-state index contributed by atoms with van der Waals surface area (Å²) in [5.41, 5.74) is 1.15. The first-order valence-corrected chi connectivity index (χ1v) is 6.67. The minimum Gasteiger partial charge on any atom is -0.457 e. The average Bonchev–Trinajstić information content (AvgIpc) is 2.41. The van der Waals surface area contributed by atoms with Crippen molar-refractivity contribution in [1.29, 1.82) is 0 Å². The summed E-state index contributed by atoms with van der Waals surface area (Å²) in [4.78, 5) is 0. The Morgan fingerprint density at radius 3 is 2.00 bits per heavy atom. The minimum absolute atomic E-state index is 0.648. The monoisotopic (exact) mass is 306 g/mol. The van der Waals surface area contributed by atoms with E-state index in [1.807, 2.05) is 55.5 Å². The minimum atomic E-state index is 0.648. The first-order chi connectivity index (χ1) is 8.78. The highest BCUT2D eigenvalue weighted by Gasteiger charge is 1.98. The van der Waals surface area contributed by atoms with Crippen LogP contribution in [-0.4, -0.2) is 6.61 Å². The third-order valence-electron chi connectivity index (χ3n) is 2.45. The highest BCUT2D eigenvalue weighted by Crippen LogP contribution is 2.23. The van der Waals surface area contributed by atoms with Crippen LogP contribution in [0.4, 0.5) is 0 Å². The van der Waals surface area contributed by atoms with Crippen LogP contribution in [0.25, 0.3) is 0 Å². The Balaban J connectivity index is 1.99. The quantitative estimate of drug-likeness (QED) is 0.791. The summed E-state index contributed by atoms with van der Waals surface area (Å²) < 4.78 is 12.1. The highest BCUT2D eigenvalue weighted by atomic mass is 79.9. The molecule has 0 radical (unpaired) electrons. The third-order valence-corrected chi connectivity index (χ3v) is 2.97. The van der Waals surface area contributed by atoms with Crippen LogP contribution in [0.2, 0.25) is 0 Å². The Kier molecular flexibility index (Phi) is 4.79. The zero-order valence-electron chi connectivity index (χ0n) is 10.2. The van der Waals surface area contributed by atoms with E-state index in [2.05, 4.69) is 15.9 Å². The highest BCUT2D eigenvalue weighted by molar-refractivity contribution is 9.10. The van der Waals surface area contributed by atoms with Gasteiger partial charge in [0.2, 0.25) is 0 Å². The lowest BCUT2D eigenvalue weighted by molar-refractivity contribution is 0.134. The molecule has 0 aromatic heterocycles. The number of ether oxygens (including phenoxy) is 2. The standard InChI is InChI=1S/C15H15BrO2/c1-2-17-11-12-3-7-14(8-4-12)18-15-9-5-13(16)6-10-15/h3-10H,2,11H2,1H3. The summed E-state index contributed by atoms with van der Waals surface area (Å²) in [6.07, 6.45) is 0. The topological polar surface area (TPSA) is 18.5 Å². The van der Waals surface area contributed by atoms with Gasteiger partial charge in [0, 0.05) is 11.1 Å². The number of benzene rings is 2. The molecule has 0 aliphatic rings. The Labute approximate surface area is 116 Å². The van der Waals surface area contributed by atoms with Crippen LogP contribution in [0.15, 0.2) is 53.0 Å². The van der Waals surface area contributed by atoms with E-state index in [0.29, 0.717) is 6.61 Å². The lowest BCUT2D eigenvalue weighted by atomic mass is 10.2. The van der Waals surface area contributed by atoms with E-state index in [-0.39, 0.29) is 0 Å². The van der Waals surface area contributed by atoms with Gasteiger partial charge < -0.3 is 9.47 Å². The molecule has 0 unspecified atom stereocenters. The van der Waals surface area contributed by atoms with Crippen LogP contribution in [0.3, 0.4) is 0 Å². The first kappa shape index (κ1) is 13.1. The molecule has 2 aromatic rings. The number of halogens is 1. The fraction of sp³-hybridized carbons (Fsp3) is 0.200. The van der Waals surface area contributed by atoms with Gasteiger partial charge in [-0.25, -0.2) is 0 Å². The lowest BCUT2D eigenvalue weighted by Crippen LogP contribution is -1.91. The van der Waals surface area contributed by atoms with Crippen LogP contribution in [-0.2, 0) is 11.3 Å². The van der Waals surface area contributed by atoms with Crippen molar-refractivity contribution in [2.45, 2.75) is 13.5 Å². The zero-order valence-corrected chi connectivity index (χ0v) is 11.8. The van der Waals surface area contributed by atoms with Crippen molar-refractivity contribution in [3.63, 3.8) is 0 Å². The normalized spacial score (nSPS) is 10.3. The van der Waals surface area contributed by atoms with Crippen molar-refractivity contribution in [3.8, 4) is 11.5 Å². The summed E-state index contributed by atoms with van der Waals surface area (Å²) in [6, 6.07) is 15.7. The number of hydrogen-bond donors (Lipinski definition) is 0. The van der Waals surface area contributed by atoms with Crippen molar-refractivity contribution in [2.75, 3.05) is 6.61 Å². The van der Waals surface area contributed by atoms with E-state index in [4.69, 9.17) is 9.47 Å². The predicted molar refractivity (Wildman–Crippen MR) is 76.0 cm³/mol. The van der Waals surface area contributed by atoms with Gasteiger partial charge in [-0.05, 0) is 48.9 Å². The van der Waals surface area contributed by atoms with E-state index in [1.54, 1.807) is 0 Å². The molecule has 3 heteroatoms. The van der Waals surface area contributed by atoms with Gasteiger partial charge in [-0.3, -0.25) is 0 Å². The Hall–Kier alpha value is -1.32. The van der Waals surface area contributed by atoms with Gasteiger partial charge in [0.25, 0.3) is 0 Å². The molecule has 0 aliphatic heterocycles. The van der Waals surface area contributed by atoms with E-state index in [9.17, 15) is 0 Å². The molecular formula is C15H15BrO2. The van der Waals surface area contributed by atoms with E-state index in [0.717, 1.165) is 28.1 Å². The largest absolute Gasteiger partial charge is 0.457 e. The summed E-state index contributed by atoms with van der Waals surface area (Å²) in [5.74, 6) is 1.66. The average molecular weight is 307 g/mol. The van der Waals surface area contributed by atoms with E-state index < -0.39 is 0 Å². The summed E-state index contributed by atoms with van der Waals surface area (Å²) in [7, 11) is 0. The van der Waals surface area contributed by atoms with Crippen molar-refractivity contribution in [2.24, 2.45) is 0 Å². The fourth-order valence-corrected chi connectivity index (χ4v) is 1.78. The molecule has 0 fully saturated rings. The Bertz CT molecular complexity index is 477. The molecular weight excluding hydrogens is 292 g/mol. The molecule has 0 aliphatic carbocycles. The molecule has 0 N–H and O–H groups in total. The van der Waals surface area contributed by atoms with Gasteiger partial charge in [0.15, 0.2) is 0 Å². The molecule has 0 spiro atoms. The molecule has 18 heavy (non-hydrogen) atoms. The number of rotatable bonds is 5. The molecule has 94 valence electrons. The summed E-state index contributed by atoms with van der Waals surface area (Å²) in [6.45, 7) is 3.37. The molecule has 2 rings (SSSR count). The molecule has 0 heterocycles. The van der Waals surface area contributed by atoms with E-state index >= 15 is 0 Å². The molecule has 0 atom stereocenters. The zero-order chi connectivity index (χ0) is 12.8. The van der Waals surface area contributed by atoms with Crippen molar-refractivity contribution in [1.82, 2.24) is 0 Å². The summed E-state index contributed by atoms with van der Waals surface area (Å²) >= 11 is 3.39. The second-order valence-electron chi connectivity index (χ2n) is 3.84. The maximum Gasteiger partial charge on any atom is 0.127 e. The van der Waals surface area contributed by atoms with Crippen LogP contribution < -0.4 is 4.74 Å². The van der Waals surface area contributed by atoms with Crippen molar-refractivity contribution < 1.29 is 9.47 Å². The van der Waals surface area contributed by atoms with Gasteiger partial charge in [0.05, 0.1) is 6.61 Å². The predicted octanol–water partition coefficient (Wildman–Crippen LogP) is 4.78. The van der Waals surface area contributed by atoms with Gasteiger partial charge in [-0.2, -0.15) is 0 Å². The Morgan fingerprint density at radius 1 is 0.889 bits per heavy atom. The molecule has 0 amide bonds. The molecule has 2 aromatic carbocycles. The SMILES string of the molecule is CCOCc1ccc(Oc2ccc(Br)cc2)cc1. The van der Waals surface area contributed by atoms with Gasteiger partial charge in [-0.15, -0.1) is 0 Å². The molecule has 0 saturated heterocycles. The van der Waals surface area contributed by atoms with E-state index in [1.165, 1.54) is 0 Å². The number of hydrogen-bond acceptors (Lipinski definition) is 2. The fourth-order valence-electron chi connectivity index (χ4n) is 1.51. The maximum atomic E-state index is 5.73. The van der Waals surface area contributed by atoms with Gasteiger partial charge >= 0.3 is 0 Å². The smallest absolute Gasteiger partial charge is 0.127 e. The van der Waals surface area contributed by atoms with Crippen LogP contribution in [0, 0.1) is 0 Å². The molecule has 2 nitrogen and oxygen atoms in total. The Morgan fingerprint density at radius 2 is 1.44 bits per heavy atom. The lowest BCUT2D eigenvalue weighted by Gasteiger charge is -2.07. The van der Waals surface area contributed by atoms with Crippen LogP contribution in [0.5, 0.6) is 11.5 Å². The molecule has 0 saturated carbocycles. The van der Waals surface area contributed by atoms with Crippen molar-refractivity contribution in [3.05, 3.63) is 58.6 Å². The first-order valence-electron chi connectivity index (χ1n) is 5.88. The second kappa shape index (κ2) is 6.57. The maximum absolute atomic E-state index is 5.73.